The second kappa shape index (κ2) is 12.0. The number of benzene rings is 6. The highest BCUT2D eigenvalue weighted by molar-refractivity contribution is 5.85. The Bertz CT molecular complexity index is 1830. The maximum absolute atomic E-state index is 4.20. The Kier molecular flexibility index (Phi) is 7.32. The molecule has 43 heavy (non-hydrogen) atoms. The lowest BCUT2D eigenvalue weighted by molar-refractivity contribution is 1.28. The normalized spacial score (nSPS) is 10.8. The molecule has 0 radical (unpaired) electrons. The van der Waals surface area contributed by atoms with Crippen LogP contribution in [-0.4, -0.2) is 4.98 Å². The number of nitrogens with zero attached hydrogens (tertiary/aromatic N) is 2. The summed E-state index contributed by atoms with van der Waals surface area (Å²) in [7, 11) is 0. The number of hydrogen-bond acceptors (Lipinski definition) is 2. The molecule has 0 atom stereocenters. The Morgan fingerprint density at radius 2 is 0.605 bits per heavy atom. The summed E-state index contributed by atoms with van der Waals surface area (Å²) in [6.07, 6.45) is 3.69. The molecule has 0 saturated carbocycles. The Morgan fingerprint density at radius 3 is 1.02 bits per heavy atom. The van der Waals surface area contributed by atoms with Crippen molar-refractivity contribution in [3.05, 3.63) is 182 Å². The number of anilines is 3. The van der Waals surface area contributed by atoms with Crippen molar-refractivity contribution >= 4 is 17.1 Å². The van der Waals surface area contributed by atoms with Crippen molar-refractivity contribution in [2.45, 2.75) is 0 Å². The molecule has 2 heteroatoms. The van der Waals surface area contributed by atoms with E-state index in [9.17, 15) is 0 Å². The first kappa shape index (κ1) is 26.2. The monoisotopic (exact) mass is 550 g/mol. The molecule has 0 aliphatic heterocycles. The Hall–Kier alpha value is -5.73. The van der Waals surface area contributed by atoms with Crippen molar-refractivity contribution in [1.82, 2.24) is 4.98 Å². The molecule has 0 aliphatic rings. The van der Waals surface area contributed by atoms with Crippen LogP contribution in [0, 0.1) is 0 Å². The van der Waals surface area contributed by atoms with Crippen LogP contribution < -0.4 is 4.90 Å². The van der Waals surface area contributed by atoms with E-state index in [0.717, 1.165) is 22.6 Å². The molecule has 0 fully saturated rings. The van der Waals surface area contributed by atoms with Gasteiger partial charge in [-0.25, -0.2) is 0 Å². The van der Waals surface area contributed by atoms with Crippen LogP contribution in [0.5, 0.6) is 0 Å². The van der Waals surface area contributed by atoms with Crippen molar-refractivity contribution in [1.29, 1.82) is 0 Å². The van der Waals surface area contributed by atoms with Gasteiger partial charge in [0.1, 0.15) is 0 Å². The zero-order valence-electron chi connectivity index (χ0n) is 23.7. The van der Waals surface area contributed by atoms with Gasteiger partial charge in [0.15, 0.2) is 0 Å². The van der Waals surface area contributed by atoms with Gasteiger partial charge in [0.2, 0.25) is 0 Å². The van der Waals surface area contributed by atoms with Gasteiger partial charge in [0.05, 0.1) is 0 Å². The fourth-order valence-electron chi connectivity index (χ4n) is 5.62. The Labute approximate surface area is 253 Å². The minimum atomic E-state index is 1.10. The predicted octanol–water partition coefficient (Wildman–Crippen LogP) is 11.2. The molecule has 6 aromatic carbocycles. The van der Waals surface area contributed by atoms with Gasteiger partial charge in [0, 0.05) is 29.5 Å². The molecule has 204 valence electrons. The fourth-order valence-corrected chi connectivity index (χ4v) is 5.62. The molecule has 0 amide bonds. The minimum absolute atomic E-state index is 1.10. The number of aromatic nitrogens is 1. The van der Waals surface area contributed by atoms with E-state index in [4.69, 9.17) is 0 Å². The zero-order chi connectivity index (χ0) is 28.8. The van der Waals surface area contributed by atoms with E-state index in [0.29, 0.717) is 0 Å². The van der Waals surface area contributed by atoms with Crippen LogP contribution in [0.2, 0.25) is 0 Å². The fraction of sp³-hybridized carbons (Fsp3) is 0. The van der Waals surface area contributed by atoms with Crippen molar-refractivity contribution in [3.8, 4) is 44.5 Å². The number of hydrogen-bond donors (Lipinski definition) is 0. The Morgan fingerprint density at radius 1 is 0.279 bits per heavy atom. The SMILES string of the molecule is c1ccc(-c2ccc(N(c3ccc(-c4ccccc4)cc3)c3ccc(-c4ccccc4-c4ccncc4)cc3)cc2)cc1. The first-order valence-electron chi connectivity index (χ1n) is 14.5. The summed E-state index contributed by atoms with van der Waals surface area (Å²) >= 11 is 0. The van der Waals surface area contributed by atoms with Crippen molar-refractivity contribution < 1.29 is 0 Å². The maximum Gasteiger partial charge on any atom is 0.0462 e. The van der Waals surface area contributed by atoms with Crippen molar-refractivity contribution in [3.63, 3.8) is 0 Å². The third-order valence-corrected chi connectivity index (χ3v) is 7.82. The molecule has 1 aromatic heterocycles. The molecule has 0 N–H and O–H groups in total. The second-order valence-corrected chi connectivity index (χ2v) is 10.5. The second-order valence-electron chi connectivity index (χ2n) is 10.5. The summed E-state index contributed by atoms with van der Waals surface area (Å²) in [5.41, 5.74) is 12.9. The van der Waals surface area contributed by atoms with E-state index in [-0.39, 0.29) is 0 Å². The summed E-state index contributed by atoms with van der Waals surface area (Å²) in [5.74, 6) is 0. The van der Waals surface area contributed by atoms with Crippen LogP contribution >= 0.6 is 0 Å². The predicted molar refractivity (Wildman–Crippen MR) is 181 cm³/mol. The van der Waals surface area contributed by atoms with E-state index >= 15 is 0 Å². The molecule has 2 nitrogen and oxygen atoms in total. The van der Waals surface area contributed by atoms with Crippen LogP contribution in [-0.2, 0) is 0 Å². The topological polar surface area (TPSA) is 16.1 Å². The van der Waals surface area contributed by atoms with E-state index < -0.39 is 0 Å². The zero-order valence-corrected chi connectivity index (χ0v) is 23.7. The van der Waals surface area contributed by atoms with Gasteiger partial charge in [-0.1, -0.05) is 121 Å². The van der Waals surface area contributed by atoms with Gasteiger partial charge in [0.25, 0.3) is 0 Å². The lowest BCUT2D eigenvalue weighted by Crippen LogP contribution is -2.09. The van der Waals surface area contributed by atoms with E-state index in [2.05, 4.69) is 180 Å². The first-order chi connectivity index (χ1) is 21.3. The maximum atomic E-state index is 4.20. The van der Waals surface area contributed by atoms with Gasteiger partial charge >= 0.3 is 0 Å². The molecule has 0 unspecified atom stereocenters. The highest BCUT2D eigenvalue weighted by atomic mass is 15.1. The molecule has 0 saturated heterocycles. The third-order valence-electron chi connectivity index (χ3n) is 7.82. The number of rotatable bonds is 7. The van der Waals surface area contributed by atoms with Crippen LogP contribution in [0.25, 0.3) is 44.5 Å². The Balaban J connectivity index is 1.27. The van der Waals surface area contributed by atoms with Gasteiger partial charge in [-0.3, -0.25) is 4.98 Å². The van der Waals surface area contributed by atoms with Crippen molar-refractivity contribution in [2.75, 3.05) is 4.90 Å². The molecule has 1 heterocycles. The molecule has 7 rings (SSSR count). The molecular formula is C41H30N2. The van der Waals surface area contributed by atoms with Crippen LogP contribution in [0.1, 0.15) is 0 Å². The molecular weight excluding hydrogens is 520 g/mol. The van der Waals surface area contributed by atoms with Gasteiger partial charge in [-0.2, -0.15) is 0 Å². The standard InChI is InChI=1S/C41H30N2/c1-3-9-31(10-4-1)33-15-21-37(22-16-33)43(38-23-17-34(18-24-38)32-11-5-2-6-12-32)39-25-19-35(20-26-39)40-13-7-8-14-41(40)36-27-29-42-30-28-36/h1-30H. The average molecular weight is 551 g/mol. The quantitative estimate of drug-likeness (QED) is 0.196. The van der Waals surface area contributed by atoms with Gasteiger partial charge in [-0.15, -0.1) is 0 Å². The minimum Gasteiger partial charge on any atom is -0.311 e. The highest BCUT2D eigenvalue weighted by Gasteiger charge is 2.14. The van der Waals surface area contributed by atoms with E-state index in [1.807, 2.05) is 12.4 Å². The van der Waals surface area contributed by atoms with Gasteiger partial charge < -0.3 is 4.90 Å². The summed E-state index contributed by atoms with van der Waals surface area (Å²) in [5, 5.41) is 0. The summed E-state index contributed by atoms with van der Waals surface area (Å²) < 4.78 is 0. The summed E-state index contributed by atoms with van der Waals surface area (Å²) in [6.45, 7) is 0. The molecule has 7 aromatic rings. The lowest BCUT2D eigenvalue weighted by atomic mass is 9.95. The largest absolute Gasteiger partial charge is 0.311 e. The molecule has 0 aliphatic carbocycles. The molecule has 0 spiro atoms. The average Bonchev–Trinajstić information content (AvgIpc) is 3.10. The molecule has 0 bridgehead atoms. The van der Waals surface area contributed by atoms with Crippen LogP contribution in [0.15, 0.2) is 182 Å². The van der Waals surface area contributed by atoms with Crippen LogP contribution in [0.3, 0.4) is 0 Å². The van der Waals surface area contributed by atoms with E-state index in [1.54, 1.807) is 0 Å². The lowest BCUT2D eigenvalue weighted by Gasteiger charge is -2.26. The smallest absolute Gasteiger partial charge is 0.0462 e. The highest BCUT2D eigenvalue weighted by Crippen LogP contribution is 2.39. The van der Waals surface area contributed by atoms with Crippen LogP contribution in [0.4, 0.5) is 17.1 Å². The van der Waals surface area contributed by atoms with Gasteiger partial charge in [-0.05, 0) is 93.0 Å². The third kappa shape index (κ3) is 5.59. The summed E-state index contributed by atoms with van der Waals surface area (Å²) in [4.78, 5) is 6.52. The number of pyridine rings is 1. The van der Waals surface area contributed by atoms with Crippen molar-refractivity contribution in [2.24, 2.45) is 0 Å². The summed E-state index contributed by atoms with van der Waals surface area (Å²) in [6, 6.07) is 60.2. The first-order valence-corrected chi connectivity index (χ1v) is 14.5. The van der Waals surface area contributed by atoms with E-state index in [1.165, 1.54) is 38.9 Å².